The summed E-state index contributed by atoms with van der Waals surface area (Å²) >= 11 is 0. The second kappa shape index (κ2) is 5.55. The van der Waals surface area contributed by atoms with Gasteiger partial charge in [0.15, 0.2) is 0 Å². The second-order valence-electron chi connectivity index (χ2n) is 5.86. The predicted octanol–water partition coefficient (Wildman–Crippen LogP) is -0.0956. The molecule has 1 unspecified atom stereocenters. The molecule has 0 radical (unpaired) electrons. The molecule has 18 heavy (non-hydrogen) atoms. The summed E-state index contributed by atoms with van der Waals surface area (Å²) in [7, 11) is 0. The van der Waals surface area contributed by atoms with E-state index < -0.39 is 5.41 Å². The first-order valence-corrected chi connectivity index (χ1v) is 6.87. The molecule has 2 aliphatic rings. The van der Waals surface area contributed by atoms with E-state index in [9.17, 15) is 4.79 Å². The zero-order valence-corrected chi connectivity index (χ0v) is 11.5. The van der Waals surface area contributed by atoms with Gasteiger partial charge in [-0.05, 0) is 20.3 Å². The average molecular weight is 255 g/mol. The minimum absolute atomic E-state index is 0.00960. The monoisotopic (exact) mass is 255 g/mol. The largest absolute Gasteiger partial charge is 0.379 e. The number of rotatable bonds is 3. The van der Waals surface area contributed by atoms with E-state index in [1.807, 2.05) is 18.7 Å². The van der Waals surface area contributed by atoms with Crippen molar-refractivity contribution in [3.63, 3.8) is 0 Å². The van der Waals surface area contributed by atoms with Crippen LogP contribution in [0.5, 0.6) is 0 Å². The maximum Gasteiger partial charge on any atom is 0.229 e. The number of hydrogen-bond donors (Lipinski definition) is 1. The molecule has 0 aromatic carbocycles. The fraction of sp³-hybridized carbons (Fsp3) is 0.923. The average Bonchev–Trinajstić information content (AvgIpc) is 2.37. The lowest BCUT2D eigenvalue weighted by molar-refractivity contribution is -0.145. The molecule has 0 aromatic heterocycles. The van der Waals surface area contributed by atoms with Gasteiger partial charge in [0, 0.05) is 38.8 Å². The van der Waals surface area contributed by atoms with Crippen molar-refractivity contribution in [1.29, 1.82) is 0 Å². The molecule has 5 heteroatoms. The van der Waals surface area contributed by atoms with Crippen LogP contribution in [0.3, 0.4) is 0 Å². The van der Waals surface area contributed by atoms with Gasteiger partial charge >= 0.3 is 0 Å². The van der Waals surface area contributed by atoms with Crippen LogP contribution in [-0.2, 0) is 9.53 Å². The molecule has 104 valence electrons. The summed E-state index contributed by atoms with van der Waals surface area (Å²) in [6.45, 7) is 10.1. The Balaban J connectivity index is 1.84. The first-order valence-electron chi connectivity index (χ1n) is 6.87. The van der Waals surface area contributed by atoms with Crippen LogP contribution in [0.4, 0.5) is 0 Å². The van der Waals surface area contributed by atoms with Gasteiger partial charge in [-0.2, -0.15) is 0 Å². The number of morpholine rings is 1. The zero-order valence-electron chi connectivity index (χ0n) is 11.5. The number of carbonyl (C=O) groups is 1. The third-order valence-corrected chi connectivity index (χ3v) is 4.27. The normalized spacial score (nSPS) is 29.6. The standard InChI is InChI=1S/C13H25N3O2/c1-13(2)11(14)3-4-16(12(13)17)6-5-15-7-9-18-10-8-15/h11H,3-10,14H2,1-2H3. The van der Waals surface area contributed by atoms with Crippen molar-refractivity contribution < 1.29 is 9.53 Å². The Labute approximate surface area is 109 Å². The third kappa shape index (κ3) is 2.84. The highest BCUT2D eigenvalue weighted by Crippen LogP contribution is 2.28. The van der Waals surface area contributed by atoms with E-state index in [0.29, 0.717) is 0 Å². The number of carbonyl (C=O) groups excluding carboxylic acids is 1. The van der Waals surface area contributed by atoms with Gasteiger partial charge in [-0.15, -0.1) is 0 Å². The summed E-state index contributed by atoms with van der Waals surface area (Å²) in [5.74, 6) is 0.203. The van der Waals surface area contributed by atoms with E-state index >= 15 is 0 Å². The summed E-state index contributed by atoms with van der Waals surface area (Å²) in [6.07, 6.45) is 0.905. The maximum atomic E-state index is 12.3. The lowest BCUT2D eigenvalue weighted by Gasteiger charge is -2.42. The van der Waals surface area contributed by atoms with Crippen molar-refractivity contribution >= 4 is 5.91 Å². The van der Waals surface area contributed by atoms with Crippen LogP contribution in [0, 0.1) is 5.41 Å². The van der Waals surface area contributed by atoms with Crippen LogP contribution in [0.15, 0.2) is 0 Å². The summed E-state index contributed by atoms with van der Waals surface area (Å²) in [4.78, 5) is 16.7. The second-order valence-corrected chi connectivity index (χ2v) is 5.86. The van der Waals surface area contributed by atoms with Crippen LogP contribution in [0.1, 0.15) is 20.3 Å². The first-order chi connectivity index (χ1) is 8.51. The molecule has 2 fully saturated rings. The highest BCUT2D eigenvalue weighted by molar-refractivity contribution is 5.83. The molecule has 0 saturated carbocycles. The molecule has 2 saturated heterocycles. The number of nitrogens with two attached hydrogens (primary N) is 1. The molecular weight excluding hydrogens is 230 g/mol. The topological polar surface area (TPSA) is 58.8 Å². The Morgan fingerprint density at radius 1 is 1.28 bits per heavy atom. The Bertz CT molecular complexity index is 301. The van der Waals surface area contributed by atoms with E-state index in [0.717, 1.165) is 52.4 Å². The van der Waals surface area contributed by atoms with Gasteiger partial charge in [0.05, 0.1) is 18.6 Å². The molecule has 5 nitrogen and oxygen atoms in total. The smallest absolute Gasteiger partial charge is 0.229 e. The molecule has 1 atom stereocenters. The molecule has 2 aliphatic heterocycles. The lowest BCUT2D eigenvalue weighted by atomic mass is 9.79. The number of likely N-dealkylation sites (tertiary alicyclic amines) is 1. The fourth-order valence-electron chi connectivity index (χ4n) is 2.62. The molecule has 0 spiro atoms. The van der Waals surface area contributed by atoms with Gasteiger partial charge in [0.25, 0.3) is 0 Å². The number of hydrogen-bond acceptors (Lipinski definition) is 4. The number of nitrogens with zero attached hydrogens (tertiary/aromatic N) is 2. The molecular formula is C13H25N3O2. The zero-order chi connectivity index (χ0) is 13.2. The quantitative estimate of drug-likeness (QED) is 0.765. The fourth-order valence-corrected chi connectivity index (χ4v) is 2.62. The van der Waals surface area contributed by atoms with Gasteiger partial charge in [0.2, 0.25) is 5.91 Å². The SMILES string of the molecule is CC1(C)C(=O)N(CCN2CCOCC2)CCC1N. The lowest BCUT2D eigenvalue weighted by Crippen LogP contribution is -2.57. The van der Waals surface area contributed by atoms with Gasteiger partial charge in [-0.3, -0.25) is 9.69 Å². The van der Waals surface area contributed by atoms with Crippen LogP contribution in [0.25, 0.3) is 0 Å². The molecule has 2 heterocycles. The Kier molecular flexibility index (Phi) is 4.25. The van der Waals surface area contributed by atoms with Crippen molar-refractivity contribution in [3.05, 3.63) is 0 Å². The predicted molar refractivity (Wildman–Crippen MR) is 70.2 cm³/mol. The van der Waals surface area contributed by atoms with Crippen LogP contribution in [-0.4, -0.2) is 67.7 Å². The minimum atomic E-state index is -0.413. The Morgan fingerprint density at radius 3 is 2.61 bits per heavy atom. The highest BCUT2D eigenvalue weighted by Gasteiger charge is 2.41. The molecule has 0 aromatic rings. The van der Waals surface area contributed by atoms with E-state index in [-0.39, 0.29) is 11.9 Å². The molecule has 1 amide bonds. The van der Waals surface area contributed by atoms with Gasteiger partial charge in [-0.1, -0.05) is 0 Å². The summed E-state index contributed by atoms with van der Waals surface area (Å²) in [6, 6.07) is -0.00960. The Hall–Kier alpha value is -0.650. The summed E-state index contributed by atoms with van der Waals surface area (Å²) < 4.78 is 5.32. The van der Waals surface area contributed by atoms with Crippen molar-refractivity contribution in [1.82, 2.24) is 9.80 Å². The van der Waals surface area contributed by atoms with E-state index in [1.54, 1.807) is 0 Å². The summed E-state index contributed by atoms with van der Waals surface area (Å²) in [5, 5.41) is 0. The van der Waals surface area contributed by atoms with E-state index in [4.69, 9.17) is 10.5 Å². The maximum absolute atomic E-state index is 12.3. The third-order valence-electron chi connectivity index (χ3n) is 4.27. The van der Waals surface area contributed by atoms with Gasteiger partial charge in [-0.25, -0.2) is 0 Å². The van der Waals surface area contributed by atoms with Crippen LogP contribution >= 0.6 is 0 Å². The van der Waals surface area contributed by atoms with Gasteiger partial charge < -0.3 is 15.4 Å². The van der Waals surface area contributed by atoms with Crippen LogP contribution < -0.4 is 5.73 Å². The number of ether oxygens (including phenoxy) is 1. The number of piperidine rings is 1. The number of amides is 1. The molecule has 0 aliphatic carbocycles. The Morgan fingerprint density at radius 2 is 1.94 bits per heavy atom. The van der Waals surface area contributed by atoms with Crippen molar-refractivity contribution in [2.75, 3.05) is 45.9 Å². The summed E-state index contributed by atoms with van der Waals surface area (Å²) in [5.41, 5.74) is 5.62. The highest BCUT2D eigenvalue weighted by atomic mass is 16.5. The first kappa shape index (κ1) is 13.8. The molecule has 2 rings (SSSR count). The van der Waals surface area contributed by atoms with Gasteiger partial charge in [0.1, 0.15) is 0 Å². The van der Waals surface area contributed by atoms with Crippen LogP contribution in [0.2, 0.25) is 0 Å². The van der Waals surface area contributed by atoms with E-state index in [2.05, 4.69) is 4.90 Å². The molecule has 2 N–H and O–H groups in total. The van der Waals surface area contributed by atoms with Crippen molar-refractivity contribution in [2.45, 2.75) is 26.3 Å². The van der Waals surface area contributed by atoms with Crippen molar-refractivity contribution in [2.24, 2.45) is 11.1 Å². The minimum Gasteiger partial charge on any atom is -0.379 e. The van der Waals surface area contributed by atoms with Crippen molar-refractivity contribution in [3.8, 4) is 0 Å². The molecule has 0 bridgehead atoms. The van der Waals surface area contributed by atoms with E-state index in [1.165, 1.54) is 0 Å².